The first-order valence-electron chi connectivity index (χ1n) is 16.6. The van der Waals surface area contributed by atoms with Crippen LogP contribution in [0.4, 0.5) is 16.2 Å². The highest BCUT2D eigenvalue weighted by atomic mass is 35.5. The number of aromatic carboxylic acids is 1. The monoisotopic (exact) mass is 687 g/mol. The van der Waals surface area contributed by atoms with Crippen LogP contribution in [0, 0.1) is 17.8 Å². The van der Waals surface area contributed by atoms with E-state index < -0.39 is 23.6 Å². The number of nitrogens with one attached hydrogen (secondary N) is 3. The van der Waals surface area contributed by atoms with E-state index in [2.05, 4.69) is 16.0 Å². The molecular weight excluding hydrogens is 646 g/mol. The minimum atomic E-state index is -1.06. The number of carbonyl (C=O) groups excluding carboxylic acids is 4. The molecule has 1 aliphatic carbocycles. The maximum atomic E-state index is 13.8. The quantitative estimate of drug-likeness (QED) is 0.165. The van der Waals surface area contributed by atoms with E-state index in [1.807, 2.05) is 51.1 Å². The van der Waals surface area contributed by atoms with E-state index in [0.29, 0.717) is 54.2 Å². The molecule has 0 spiro atoms. The number of rotatable bonds is 11. The molecule has 49 heavy (non-hydrogen) atoms. The lowest BCUT2D eigenvalue weighted by Gasteiger charge is -2.29. The Morgan fingerprint density at radius 1 is 0.980 bits per heavy atom. The fourth-order valence-electron chi connectivity index (χ4n) is 6.42. The number of carboxylic acid groups (broad SMARTS) is 1. The van der Waals surface area contributed by atoms with Gasteiger partial charge < -0.3 is 25.8 Å². The molecule has 1 fully saturated rings. The van der Waals surface area contributed by atoms with Gasteiger partial charge in [0.1, 0.15) is 11.4 Å². The van der Waals surface area contributed by atoms with Crippen LogP contribution in [0.5, 0.6) is 0 Å². The number of fused-ring (bicyclic) bond motifs is 1. The number of hydrogen-bond donors (Lipinski definition) is 4. The van der Waals surface area contributed by atoms with Crippen molar-refractivity contribution in [3.8, 4) is 11.1 Å². The number of carbonyl (C=O) groups is 5. The highest BCUT2D eigenvalue weighted by Crippen LogP contribution is 2.33. The number of benzene rings is 3. The molecule has 1 atom stereocenters. The number of alkyl carbamates (subject to hydrolysis) is 1. The second-order valence-corrected chi connectivity index (χ2v) is 14.4. The van der Waals surface area contributed by atoms with Crippen molar-refractivity contribution < 1.29 is 33.8 Å². The molecule has 0 unspecified atom stereocenters. The Morgan fingerprint density at radius 3 is 2.35 bits per heavy atom. The Bertz CT molecular complexity index is 1740. The number of amides is 3. The highest BCUT2D eigenvalue weighted by molar-refractivity contribution is 6.33. The normalized spacial score (nSPS) is 17.8. The summed E-state index contributed by atoms with van der Waals surface area (Å²) in [6, 6.07) is 17.4. The molecule has 0 bridgehead atoms. The van der Waals surface area contributed by atoms with Crippen LogP contribution in [0.2, 0.25) is 5.02 Å². The first-order chi connectivity index (χ1) is 23.2. The standard InChI is InChI=1S/C38H42ClN3O7/c1-38(2,3)49-37(48)40-21-23-6-10-25(11-7-23)33(43)18-28(35(45)41-29-14-12-26-19-34(44)42-32(26)20-29)16-22-4-8-24(9-5-22)30-15-13-27(36(46)47)17-31(30)39/h4-5,8-9,12-15,17,20,23,25,28H,6-7,10-11,16,18-19,21H2,1-3H3,(H,40,48)(H,41,45)(H,42,44)(H,46,47)/t23?,25?,28-/m1/s1. The summed E-state index contributed by atoms with van der Waals surface area (Å²) in [7, 11) is 0. The molecule has 3 aromatic carbocycles. The van der Waals surface area contributed by atoms with Gasteiger partial charge in [-0.2, -0.15) is 0 Å². The molecule has 1 saturated carbocycles. The second-order valence-electron chi connectivity index (χ2n) is 14.0. The zero-order valence-electron chi connectivity index (χ0n) is 27.9. The Balaban J connectivity index is 1.25. The molecular formula is C38H42ClN3O7. The number of hydrogen-bond acceptors (Lipinski definition) is 6. The average molecular weight is 688 g/mol. The summed E-state index contributed by atoms with van der Waals surface area (Å²) in [6.07, 6.45) is 3.21. The van der Waals surface area contributed by atoms with Gasteiger partial charge in [0.2, 0.25) is 11.8 Å². The van der Waals surface area contributed by atoms with Gasteiger partial charge in [0.25, 0.3) is 0 Å². The Labute approximate surface area is 291 Å². The lowest BCUT2D eigenvalue weighted by atomic mass is 9.77. The number of ketones is 1. The SMILES string of the molecule is CC(C)(C)OC(=O)NCC1CCC(C(=O)C[C@@H](Cc2ccc(-c3ccc(C(=O)O)cc3Cl)cc2)C(=O)Nc2ccc3c(c2)NC(=O)C3)CC1. The first kappa shape index (κ1) is 35.6. The van der Waals surface area contributed by atoms with Crippen LogP contribution in [0.15, 0.2) is 60.7 Å². The molecule has 3 aromatic rings. The summed E-state index contributed by atoms with van der Waals surface area (Å²) in [5.74, 6) is -1.96. The zero-order valence-corrected chi connectivity index (χ0v) is 28.7. The highest BCUT2D eigenvalue weighted by Gasteiger charge is 2.31. The molecule has 1 heterocycles. The molecule has 2 aliphatic rings. The molecule has 1 aliphatic heterocycles. The molecule has 5 rings (SSSR count). The lowest BCUT2D eigenvalue weighted by Crippen LogP contribution is -2.37. The fourth-order valence-corrected chi connectivity index (χ4v) is 6.71. The van der Waals surface area contributed by atoms with Crippen LogP contribution < -0.4 is 16.0 Å². The van der Waals surface area contributed by atoms with Gasteiger partial charge in [-0.05, 0) is 99.7 Å². The summed E-state index contributed by atoms with van der Waals surface area (Å²) in [5.41, 5.74) is 3.93. The fraction of sp³-hybridized carbons (Fsp3) is 0.395. The van der Waals surface area contributed by atoms with Gasteiger partial charge in [-0.25, -0.2) is 9.59 Å². The zero-order chi connectivity index (χ0) is 35.3. The van der Waals surface area contributed by atoms with Gasteiger partial charge in [-0.3, -0.25) is 14.4 Å². The second kappa shape index (κ2) is 15.2. The van der Waals surface area contributed by atoms with Gasteiger partial charge >= 0.3 is 12.1 Å². The average Bonchev–Trinajstić information content (AvgIpc) is 3.42. The maximum absolute atomic E-state index is 13.8. The first-order valence-corrected chi connectivity index (χ1v) is 17.0. The van der Waals surface area contributed by atoms with Crippen molar-refractivity contribution in [3.05, 3.63) is 82.4 Å². The number of Topliss-reactive ketones (excluding diaryl/α,β-unsaturated/α-hetero) is 1. The van der Waals surface area contributed by atoms with E-state index in [0.717, 1.165) is 29.5 Å². The third-order valence-corrected chi connectivity index (χ3v) is 9.33. The van der Waals surface area contributed by atoms with E-state index >= 15 is 0 Å². The minimum absolute atomic E-state index is 0.0434. The molecule has 0 saturated heterocycles. The van der Waals surface area contributed by atoms with Gasteiger partial charge in [-0.1, -0.05) is 48.0 Å². The Hall–Kier alpha value is -4.70. The summed E-state index contributed by atoms with van der Waals surface area (Å²) in [5, 5.41) is 18.2. The third-order valence-electron chi connectivity index (χ3n) is 9.02. The summed E-state index contributed by atoms with van der Waals surface area (Å²) >= 11 is 6.39. The van der Waals surface area contributed by atoms with Crippen LogP contribution in [-0.4, -0.2) is 46.9 Å². The van der Waals surface area contributed by atoms with E-state index in [4.69, 9.17) is 16.3 Å². The predicted molar refractivity (Wildman–Crippen MR) is 188 cm³/mol. The van der Waals surface area contributed by atoms with Gasteiger partial charge in [0.15, 0.2) is 0 Å². The van der Waals surface area contributed by atoms with E-state index in [-0.39, 0.29) is 41.4 Å². The predicted octanol–water partition coefficient (Wildman–Crippen LogP) is 7.29. The topological polar surface area (TPSA) is 151 Å². The molecule has 258 valence electrons. The van der Waals surface area contributed by atoms with Gasteiger partial charge in [0, 0.05) is 46.8 Å². The van der Waals surface area contributed by atoms with Crippen molar-refractivity contribution in [2.24, 2.45) is 17.8 Å². The van der Waals surface area contributed by atoms with Gasteiger partial charge in [0.05, 0.1) is 12.0 Å². The molecule has 0 aromatic heterocycles. The van der Waals surface area contributed by atoms with E-state index in [1.165, 1.54) is 12.1 Å². The van der Waals surface area contributed by atoms with Crippen LogP contribution >= 0.6 is 11.6 Å². The maximum Gasteiger partial charge on any atom is 0.407 e. The number of carboxylic acids is 1. The van der Waals surface area contributed by atoms with Gasteiger partial charge in [-0.15, -0.1) is 0 Å². The van der Waals surface area contributed by atoms with Crippen molar-refractivity contribution in [3.63, 3.8) is 0 Å². The molecule has 10 nitrogen and oxygen atoms in total. The van der Waals surface area contributed by atoms with Crippen molar-refractivity contribution >= 4 is 52.6 Å². The number of anilines is 2. The summed E-state index contributed by atoms with van der Waals surface area (Å²) < 4.78 is 5.33. The third kappa shape index (κ3) is 9.69. The van der Waals surface area contributed by atoms with Crippen molar-refractivity contribution in [1.82, 2.24) is 5.32 Å². The van der Waals surface area contributed by atoms with Crippen molar-refractivity contribution in [2.45, 2.75) is 71.3 Å². The van der Waals surface area contributed by atoms with Crippen molar-refractivity contribution in [2.75, 3.05) is 17.2 Å². The van der Waals surface area contributed by atoms with Crippen molar-refractivity contribution in [1.29, 1.82) is 0 Å². The smallest absolute Gasteiger partial charge is 0.407 e. The number of halogens is 1. The van der Waals surface area contributed by atoms with Crippen LogP contribution in [0.3, 0.4) is 0 Å². The summed E-state index contributed by atoms with van der Waals surface area (Å²) in [6.45, 7) is 5.94. The molecule has 11 heteroatoms. The van der Waals surface area contributed by atoms with E-state index in [9.17, 15) is 29.1 Å². The Morgan fingerprint density at radius 2 is 1.69 bits per heavy atom. The van der Waals surface area contributed by atoms with Crippen LogP contribution in [0.1, 0.15) is 74.4 Å². The van der Waals surface area contributed by atoms with Crippen LogP contribution in [-0.2, 0) is 32.0 Å². The largest absolute Gasteiger partial charge is 0.478 e. The molecule has 4 N–H and O–H groups in total. The van der Waals surface area contributed by atoms with Crippen LogP contribution in [0.25, 0.3) is 11.1 Å². The Kier molecular flexibility index (Phi) is 11.1. The molecule has 0 radical (unpaired) electrons. The lowest BCUT2D eigenvalue weighted by molar-refractivity contribution is -0.129. The van der Waals surface area contributed by atoms with E-state index in [1.54, 1.807) is 18.2 Å². The summed E-state index contributed by atoms with van der Waals surface area (Å²) in [4.78, 5) is 62.6. The number of ether oxygens (including phenoxy) is 1. The minimum Gasteiger partial charge on any atom is -0.478 e. The molecule has 3 amide bonds.